The molecule has 2 atom stereocenters. The van der Waals surface area contributed by atoms with Gasteiger partial charge in [0.2, 0.25) is 5.82 Å². The minimum Gasteiger partial charge on any atom is -0.346 e. The summed E-state index contributed by atoms with van der Waals surface area (Å²) < 4.78 is 0.630. The molecule has 1 saturated heterocycles. The number of halogens is 1. The number of nitro groups is 1. The maximum Gasteiger partial charge on any atom is 0.312 e. The fraction of sp³-hybridized carbons (Fsp3) is 0.545. The fourth-order valence-electron chi connectivity index (χ4n) is 2.01. The molecule has 1 aromatic heterocycles. The Hall–Kier alpha value is -0.820. The third-order valence-electron chi connectivity index (χ3n) is 3.17. The van der Waals surface area contributed by atoms with Crippen LogP contribution in [0, 0.1) is 10.1 Å². The van der Waals surface area contributed by atoms with Crippen LogP contribution in [0.5, 0.6) is 0 Å². The molecule has 0 aromatic carbocycles. The van der Waals surface area contributed by atoms with Crippen LogP contribution in [-0.2, 0) is 0 Å². The molecule has 1 aromatic rings. The molecule has 0 N–H and O–H groups in total. The lowest BCUT2D eigenvalue weighted by Gasteiger charge is -2.37. The van der Waals surface area contributed by atoms with E-state index in [0.29, 0.717) is 15.5 Å². The van der Waals surface area contributed by atoms with Crippen molar-refractivity contribution in [2.45, 2.75) is 25.1 Å². The largest absolute Gasteiger partial charge is 0.346 e. The van der Waals surface area contributed by atoms with Gasteiger partial charge in [-0.15, -0.1) is 0 Å². The van der Waals surface area contributed by atoms with Crippen LogP contribution in [0.15, 0.2) is 16.7 Å². The molecule has 2 heterocycles. The summed E-state index contributed by atoms with van der Waals surface area (Å²) >= 11 is 5.12. The maximum atomic E-state index is 11.1. The first-order valence-electron chi connectivity index (χ1n) is 5.69. The van der Waals surface area contributed by atoms with Gasteiger partial charge in [-0.05, 0) is 22.9 Å². The summed E-state index contributed by atoms with van der Waals surface area (Å²) in [4.78, 5) is 17.0. The summed E-state index contributed by atoms with van der Waals surface area (Å²) in [6.45, 7) is 5.03. The monoisotopic (exact) mass is 331 g/mol. The number of pyridine rings is 1. The SMILES string of the molecule is CC1SCCN(c2ncc(Br)cc2[N+](=O)[O-])C1C. The zero-order valence-electron chi connectivity index (χ0n) is 10.2. The van der Waals surface area contributed by atoms with Gasteiger partial charge in [-0.2, -0.15) is 11.8 Å². The average Bonchev–Trinajstić information content (AvgIpc) is 2.33. The predicted octanol–water partition coefficient (Wildman–Crippen LogP) is 3.08. The summed E-state index contributed by atoms with van der Waals surface area (Å²) in [6.07, 6.45) is 1.61. The van der Waals surface area contributed by atoms with E-state index in [9.17, 15) is 10.1 Å². The van der Waals surface area contributed by atoms with Crippen molar-refractivity contribution in [2.24, 2.45) is 0 Å². The normalized spacial score (nSPS) is 24.1. The number of hydrogen-bond acceptors (Lipinski definition) is 5. The maximum absolute atomic E-state index is 11.1. The summed E-state index contributed by atoms with van der Waals surface area (Å²) in [7, 11) is 0. The molecule has 0 bridgehead atoms. The van der Waals surface area contributed by atoms with E-state index in [1.54, 1.807) is 6.20 Å². The Morgan fingerprint density at radius 3 is 3.00 bits per heavy atom. The average molecular weight is 332 g/mol. The summed E-state index contributed by atoms with van der Waals surface area (Å²) in [6, 6.07) is 1.76. The Morgan fingerprint density at radius 2 is 2.33 bits per heavy atom. The zero-order chi connectivity index (χ0) is 13.3. The van der Waals surface area contributed by atoms with Crippen molar-refractivity contribution in [3.05, 3.63) is 26.9 Å². The number of rotatable bonds is 2. The Labute approximate surface area is 118 Å². The molecule has 98 valence electrons. The van der Waals surface area contributed by atoms with Crippen LogP contribution < -0.4 is 4.90 Å². The van der Waals surface area contributed by atoms with Crippen molar-refractivity contribution in [3.63, 3.8) is 0 Å². The first kappa shape index (κ1) is 13.6. The van der Waals surface area contributed by atoms with Crippen LogP contribution in [0.4, 0.5) is 11.5 Å². The summed E-state index contributed by atoms with van der Waals surface area (Å²) in [5, 5.41) is 11.6. The topological polar surface area (TPSA) is 59.3 Å². The third kappa shape index (κ3) is 2.61. The van der Waals surface area contributed by atoms with Gasteiger partial charge in [-0.25, -0.2) is 4.98 Å². The van der Waals surface area contributed by atoms with E-state index in [1.165, 1.54) is 6.07 Å². The highest BCUT2D eigenvalue weighted by Gasteiger charge is 2.31. The van der Waals surface area contributed by atoms with Crippen molar-refractivity contribution >= 4 is 39.2 Å². The first-order valence-corrected chi connectivity index (χ1v) is 7.53. The number of thioether (sulfide) groups is 1. The van der Waals surface area contributed by atoms with E-state index >= 15 is 0 Å². The number of nitrogens with zero attached hydrogens (tertiary/aromatic N) is 3. The van der Waals surface area contributed by atoms with Gasteiger partial charge in [-0.1, -0.05) is 6.92 Å². The lowest BCUT2D eigenvalue weighted by atomic mass is 10.2. The van der Waals surface area contributed by atoms with Crippen LogP contribution in [0.1, 0.15) is 13.8 Å². The van der Waals surface area contributed by atoms with Crippen LogP contribution in [-0.4, -0.2) is 33.5 Å². The van der Waals surface area contributed by atoms with Gasteiger partial charge in [0.1, 0.15) is 0 Å². The minimum atomic E-state index is -0.369. The number of anilines is 1. The smallest absolute Gasteiger partial charge is 0.312 e. The van der Waals surface area contributed by atoms with Crippen LogP contribution in [0.3, 0.4) is 0 Å². The quantitative estimate of drug-likeness (QED) is 0.615. The van der Waals surface area contributed by atoms with Crippen LogP contribution >= 0.6 is 27.7 Å². The molecule has 1 fully saturated rings. The van der Waals surface area contributed by atoms with Crippen molar-refractivity contribution in [2.75, 3.05) is 17.2 Å². The number of aromatic nitrogens is 1. The molecule has 2 rings (SSSR count). The third-order valence-corrected chi connectivity index (χ3v) is 4.94. The Balaban J connectivity index is 2.40. The number of hydrogen-bond donors (Lipinski definition) is 0. The molecule has 2 unspecified atom stereocenters. The lowest BCUT2D eigenvalue weighted by Crippen LogP contribution is -2.45. The van der Waals surface area contributed by atoms with Gasteiger partial charge in [-0.3, -0.25) is 10.1 Å². The van der Waals surface area contributed by atoms with Gasteiger partial charge in [0.15, 0.2) is 0 Å². The van der Waals surface area contributed by atoms with Gasteiger partial charge < -0.3 is 4.90 Å². The molecular weight excluding hydrogens is 318 g/mol. The van der Waals surface area contributed by atoms with Crippen molar-refractivity contribution < 1.29 is 4.92 Å². The van der Waals surface area contributed by atoms with Gasteiger partial charge in [0, 0.05) is 40.3 Å². The van der Waals surface area contributed by atoms with Crippen molar-refractivity contribution in [1.29, 1.82) is 0 Å². The molecule has 7 heteroatoms. The van der Waals surface area contributed by atoms with Crippen LogP contribution in [0.2, 0.25) is 0 Å². The second-order valence-electron chi connectivity index (χ2n) is 4.26. The standard InChI is InChI=1S/C11H14BrN3O2S/c1-7-8(2)18-4-3-14(7)11-10(15(16)17)5-9(12)6-13-11/h5-8H,3-4H2,1-2H3. The predicted molar refractivity (Wildman–Crippen MR) is 77.3 cm³/mol. The molecule has 0 spiro atoms. The van der Waals surface area contributed by atoms with E-state index < -0.39 is 0 Å². The summed E-state index contributed by atoms with van der Waals surface area (Å²) in [5.41, 5.74) is 0.0651. The van der Waals surface area contributed by atoms with Crippen molar-refractivity contribution in [3.8, 4) is 0 Å². The van der Waals surface area contributed by atoms with Crippen LogP contribution in [0.25, 0.3) is 0 Å². The molecule has 0 saturated carbocycles. The molecule has 18 heavy (non-hydrogen) atoms. The molecular formula is C11H14BrN3O2S. The van der Waals surface area contributed by atoms with Gasteiger partial charge in [0.25, 0.3) is 0 Å². The Morgan fingerprint density at radius 1 is 1.61 bits per heavy atom. The molecule has 1 aliphatic rings. The molecule has 0 radical (unpaired) electrons. The first-order chi connectivity index (χ1) is 8.50. The van der Waals surface area contributed by atoms with Crippen molar-refractivity contribution in [1.82, 2.24) is 4.98 Å². The van der Waals surface area contributed by atoms with Gasteiger partial charge >= 0.3 is 5.69 Å². The fourth-order valence-corrected chi connectivity index (χ4v) is 3.43. The van der Waals surface area contributed by atoms with E-state index in [0.717, 1.165) is 12.3 Å². The van der Waals surface area contributed by atoms with E-state index in [4.69, 9.17) is 0 Å². The second kappa shape index (κ2) is 5.44. The Bertz CT molecular complexity index is 472. The highest BCUT2D eigenvalue weighted by molar-refractivity contribution is 9.10. The second-order valence-corrected chi connectivity index (χ2v) is 6.66. The molecule has 1 aliphatic heterocycles. The molecule has 5 nitrogen and oxygen atoms in total. The Kier molecular flexibility index (Phi) is 4.11. The van der Waals surface area contributed by atoms with E-state index in [1.807, 2.05) is 16.7 Å². The van der Waals surface area contributed by atoms with E-state index in [-0.39, 0.29) is 16.7 Å². The zero-order valence-corrected chi connectivity index (χ0v) is 12.6. The lowest BCUT2D eigenvalue weighted by molar-refractivity contribution is -0.384. The summed E-state index contributed by atoms with van der Waals surface area (Å²) in [5.74, 6) is 1.45. The van der Waals surface area contributed by atoms with Gasteiger partial charge in [0.05, 0.1) is 4.92 Å². The molecule has 0 aliphatic carbocycles. The molecule has 0 amide bonds. The highest BCUT2D eigenvalue weighted by atomic mass is 79.9. The minimum absolute atomic E-state index is 0.0651. The van der Waals surface area contributed by atoms with E-state index in [2.05, 4.69) is 34.8 Å². The highest BCUT2D eigenvalue weighted by Crippen LogP contribution is 2.34.